The summed E-state index contributed by atoms with van der Waals surface area (Å²) in [6.45, 7) is 7.08. The molecule has 0 aromatic rings. The van der Waals surface area contributed by atoms with Crippen LogP contribution < -0.4 is 0 Å². The summed E-state index contributed by atoms with van der Waals surface area (Å²) in [7, 11) is 0. The number of unbranched alkanes of at least 4 members (excludes halogenated alkanes) is 28. The molecule has 0 radical (unpaired) electrons. The van der Waals surface area contributed by atoms with Crippen molar-refractivity contribution in [2.24, 2.45) is 5.92 Å². The highest BCUT2D eigenvalue weighted by Crippen LogP contribution is 2.18. The van der Waals surface area contributed by atoms with E-state index in [1.54, 1.807) is 0 Å². The van der Waals surface area contributed by atoms with E-state index in [1.807, 2.05) is 0 Å². The average molecular weight is 507 g/mol. The first-order chi connectivity index (χ1) is 17.8. The smallest absolute Gasteiger partial charge is 0.0443 e. The molecule has 0 fully saturated rings. The second-order valence-electron chi connectivity index (χ2n) is 12.6. The Bertz CT molecular complexity index is 359. The monoisotopic (exact) mass is 507 g/mol. The lowest BCUT2D eigenvalue weighted by Gasteiger charge is -2.10. The molecule has 0 saturated heterocycles. The maximum absolute atomic E-state index is 2.46. The van der Waals surface area contributed by atoms with Gasteiger partial charge in [0.25, 0.3) is 0 Å². The third kappa shape index (κ3) is 32.0. The summed E-state index contributed by atoms with van der Waals surface area (Å²) >= 11 is 0. The van der Waals surface area contributed by atoms with Crippen LogP contribution in [-0.4, -0.2) is 0 Å². The van der Waals surface area contributed by atoms with Crippen molar-refractivity contribution >= 4 is 0 Å². The topological polar surface area (TPSA) is 0 Å². The van der Waals surface area contributed by atoms with Crippen molar-refractivity contribution in [3.05, 3.63) is 0 Å². The van der Waals surface area contributed by atoms with Crippen molar-refractivity contribution in [3.8, 4) is 0 Å². The molecule has 1 unspecified atom stereocenters. The quantitative estimate of drug-likeness (QED) is 0.0795. The van der Waals surface area contributed by atoms with Crippen LogP contribution in [0, 0.1) is 5.92 Å². The van der Waals surface area contributed by atoms with Crippen molar-refractivity contribution in [3.63, 3.8) is 0 Å². The summed E-state index contributed by atoms with van der Waals surface area (Å²) in [5, 5.41) is 0. The zero-order valence-electron chi connectivity index (χ0n) is 26.2. The van der Waals surface area contributed by atoms with E-state index in [9.17, 15) is 0 Å². The lowest BCUT2D eigenvalue weighted by Crippen LogP contribution is -1.94. The summed E-state index contributed by atoms with van der Waals surface area (Å²) in [6.07, 6.45) is 47.3. The van der Waals surface area contributed by atoms with Gasteiger partial charge in [-0.25, -0.2) is 0 Å². The van der Waals surface area contributed by atoms with Gasteiger partial charge in [0.1, 0.15) is 0 Å². The van der Waals surface area contributed by atoms with E-state index < -0.39 is 0 Å². The Kier molecular flexibility index (Phi) is 33.0. The van der Waals surface area contributed by atoms with E-state index in [1.165, 1.54) is 205 Å². The molecule has 0 aromatic heterocycles. The molecule has 0 rings (SSSR count). The first kappa shape index (κ1) is 36.0. The maximum atomic E-state index is 2.46. The van der Waals surface area contributed by atoms with Gasteiger partial charge in [0.15, 0.2) is 0 Å². The van der Waals surface area contributed by atoms with E-state index in [-0.39, 0.29) is 0 Å². The highest BCUT2D eigenvalue weighted by Gasteiger charge is 2.01. The molecule has 0 spiro atoms. The second-order valence-corrected chi connectivity index (χ2v) is 12.6. The fourth-order valence-corrected chi connectivity index (χ4v) is 5.86. The van der Waals surface area contributed by atoms with Crippen LogP contribution in [0.5, 0.6) is 0 Å². The van der Waals surface area contributed by atoms with Gasteiger partial charge in [-0.15, -0.1) is 0 Å². The first-order valence-corrected chi connectivity index (χ1v) is 17.8. The van der Waals surface area contributed by atoms with Gasteiger partial charge < -0.3 is 0 Å². The lowest BCUT2D eigenvalue weighted by molar-refractivity contribution is 0.440. The van der Waals surface area contributed by atoms with Gasteiger partial charge in [-0.3, -0.25) is 0 Å². The fourth-order valence-electron chi connectivity index (χ4n) is 5.86. The van der Waals surface area contributed by atoms with Crippen molar-refractivity contribution in [2.75, 3.05) is 0 Å². The van der Waals surface area contributed by atoms with Crippen LogP contribution in [0.4, 0.5) is 0 Å². The van der Waals surface area contributed by atoms with Crippen LogP contribution in [0.2, 0.25) is 0 Å². The Balaban J connectivity index is 3.04. The largest absolute Gasteiger partial charge is 0.0654 e. The molecule has 0 aliphatic carbocycles. The lowest BCUT2D eigenvalue weighted by atomic mass is 9.97. The Hall–Kier alpha value is 0. The van der Waals surface area contributed by atoms with Crippen LogP contribution in [-0.2, 0) is 0 Å². The third-order valence-corrected chi connectivity index (χ3v) is 8.60. The zero-order chi connectivity index (χ0) is 26.2. The Morgan fingerprint density at radius 1 is 0.250 bits per heavy atom. The van der Waals surface area contributed by atoms with Gasteiger partial charge in [0.05, 0.1) is 0 Å². The maximum Gasteiger partial charge on any atom is -0.0443 e. The molecule has 218 valence electrons. The molecule has 0 bridgehead atoms. The summed E-state index contributed by atoms with van der Waals surface area (Å²) in [6, 6.07) is 0. The standard InChI is InChI=1S/C36H74/c1-4-6-8-9-10-11-12-13-14-15-16-17-18-19-20-21-22-23-24-25-26-27-28-29-30-31-32-33-35-36(3)34-7-5-2/h36H,4-35H2,1-3H3. The van der Waals surface area contributed by atoms with Crippen LogP contribution >= 0.6 is 0 Å². The van der Waals surface area contributed by atoms with Crippen LogP contribution in [0.15, 0.2) is 0 Å². The molecule has 36 heavy (non-hydrogen) atoms. The van der Waals surface area contributed by atoms with E-state index in [0.29, 0.717) is 0 Å². The van der Waals surface area contributed by atoms with Gasteiger partial charge in [-0.05, 0) is 5.92 Å². The SMILES string of the molecule is CCCCCCCCCCCCCCCCCCCCCCCCCCCCCCC(C)CCCC. The average Bonchev–Trinajstić information content (AvgIpc) is 2.89. The molecule has 0 amide bonds. The highest BCUT2D eigenvalue weighted by atomic mass is 14.1. The van der Waals surface area contributed by atoms with E-state index in [2.05, 4.69) is 20.8 Å². The van der Waals surface area contributed by atoms with E-state index >= 15 is 0 Å². The van der Waals surface area contributed by atoms with Crippen LogP contribution in [0.3, 0.4) is 0 Å². The number of hydrogen-bond donors (Lipinski definition) is 0. The molecule has 0 nitrogen and oxygen atoms in total. The minimum absolute atomic E-state index is 0.967. The molecule has 0 heteroatoms. The normalized spacial score (nSPS) is 12.4. The van der Waals surface area contributed by atoms with Gasteiger partial charge in [0, 0.05) is 0 Å². The van der Waals surface area contributed by atoms with Crippen LogP contribution in [0.1, 0.15) is 226 Å². The van der Waals surface area contributed by atoms with Gasteiger partial charge in [-0.1, -0.05) is 226 Å². The number of hydrogen-bond acceptors (Lipinski definition) is 0. The van der Waals surface area contributed by atoms with Crippen molar-refractivity contribution in [2.45, 2.75) is 226 Å². The summed E-state index contributed by atoms with van der Waals surface area (Å²) < 4.78 is 0. The predicted molar refractivity (Wildman–Crippen MR) is 168 cm³/mol. The van der Waals surface area contributed by atoms with Crippen LogP contribution in [0.25, 0.3) is 0 Å². The summed E-state index contributed by atoms with van der Waals surface area (Å²) in [4.78, 5) is 0. The predicted octanol–water partition coefficient (Wildman–Crippen LogP) is 14.1. The summed E-state index contributed by atoms with van der Waals surface area (Å²) in [5.41, 5.74) is 0. The van der Waals surface area contributed by atoms with Gasteiger partial charge in [-0.2, -0.15) is 0 Å². The minimum Gasteiger partial charge on any atom is -0.0654 e. The molecule has 0 aliphatic heterocycles. The zero-order valence-corrected chi connectivity index (χ0v) is 26.2. The molecular weight excluding hydrogens is 432 g/mol. The highest BCUT2D eigenvalue weighted by molar-refractivity contribution is 4.55. The first-order valence-electron chi connectivity index (χ1n) is 17.8. The van der Waals surface area contributed by atoms with Gasteiger partial charge in [0.2, 0.25) is 0 Å². The molecule has 0 N–H and O–H groups in total. The molecule has 1 atom stereocenters. The molecule has 0 aliphatic rings. The fraction of sp³-hybridized carbons (Fsp3) is 1.00. The number of rotatable bonds is 32. The molecular formula is C36H74. The third-order valence-electron chi connectivity index (χ3n) is 8.60. The van der Waals surface area contributed by atoms with Gasteiger partial charge >= 0.3 is 0 Å². The molecule has 0 aromatic carbocycles. The van der Waals surface area contributed by atoms with E-state index in [0.717, 1.165) is 5.92 Å². The Morgan fingerprint density at radius 3 is 0.694 bits per heavy atom. The molecule has 0 saturated carbocycles. The Labute approximate surface area is 232 Å². The minimum atomic E-state index is 0.967. The Morgan fingerprint density at radius 2 is 0.444 bits per heavy atom. The summed E-state index contributed by atoms with van der Waals surface area (Å²) in [5.74, 6) is 0.967. The van der Waals surface area contributed by atoms with Crippen molar-refractivity contribution < 1.29 is 0 Å². The molecule has 0 heterocycles. The van der Waals surface area contributed by atoms with E-state index in [4.69, 9.17) is 0 Å². The van der Waals surface area contributed by atoms with Crippen molar-refractivity contribution in [1.82, 2.24) is 0 Å². The van der Waals surface area contributed by atoms with Crippen molar-refractivity contribution in [1.29, 1.82) is 0 Å². The second kappa shape index (κ2) is 33.0.